The Morgan fingerprint density at radius 1 is 1.04 bits per heavy atom. The van der Waals surface area contributed by atoms with Crippen molar-refractivity contribution < 1.29 is 4.79 Å². The van der Waals surface area contributed by atoms with Crippen LogP contribution in [0.1, 0.15) is 32.5 Å². The third-order valence-corrected chi connectivity index (χ3v) is 7.96. The first kappa shape index (κ1) is 18.7. The van der Waals surface area contributed by atoms with Crippen molar-refractivity contribution in [2.45, 2.75) is 16.8 Å². The molecular weight excluding hydrogens is 366 g/mol. The third kappa shape index (κ3) is 6.01. The van der Waals surface area contributed by atoms with Crippen LogP contribution in [0.15, 0.2) is 54.6 Å². The molecule has 2 nitrogen and oxygen atoms in total. The fourth-order valence-corrected chi connectivity index (χ4v) is 6.29. The molecule has 0 spiro atoms. The van der Waals surface area contributed by atoms with Crippen LogP contribution >= 0.6 is 35.3 Å². The monoisotopic (exact) mass is 389 g/mol. The van der Waals surface area contributed by atoms with Gasteiger partial charge in [0.2, 0.25) is 0 Å². The SMILES string of the molecule is O=C(NCCSCc1ccccc1)c1ccc(C2SCCCS2)cc1. The Morgan fingerprint density at radius 3 is 2.48 bits per heavy atom. The van der Waals surface area contributed by atoms with Gasteiger partial charge in [-0.15, -0.1) is 23.5 Å². The summed E-state index contributed by atoms with van der Waals surface area (Å²) in [5, 5.41) is 3.01. The standard InChI is InChI=1S/C20H23NOS3/c22-19(21-11-14-23-15-16-5-2-1-3-6-16)17-7-9-18(10-8-17)20-24-12-4-13-25-20/h1-3,5-10,20H,4,11-15H2,(H,21,22). The second kappa shape index (κ2) is 10.2. The third-order valence-electron chi connectivity index (χ3n) is 3.92. The van der Waals surface area contributed by atoms with E-state index in [2.05, 4.69) is 41.7 Å². The first-order valence-electron chi connectivity index (χ1n) is 8.56. The minimum absolute atomic E-state index is 0.0239. The van der Waals surface area contributed by atoms with Crippen molar-refractivity contribution in [1.82, 2.24) is 5.32 Å². The molecule has 25 heavy (non-hydrogen) atoms. The van der Waals surface area contributed by atoms with Crippen LogP contribution in [0.5, 0.6) is 0 Å². The quantitative estimate of drug-likeness (QED) is 0.658. The van der Waals surface area contributed by atoms with E-state index in [0.29, 0.717) is 11.1 Å². The van der Waals surface area contributed by atoms with Crippen LogP contribution in [0.25, 0.3) is 0 Å². The smallest absolute Gasteiger partial charge is 0.251 e. The Labute approximate surface area is 162 Å². The van der Waals surface area contributed by atoms with Crippen LogP contribution in [0, 0.1) is 0 Å². The highest BCUT2D eigenvalue weighted by Gasteiger charge is 2.16. The van der Waals surface area contributed by atoms with E-state index in [4.69, 9.17) is 0 Å². The molecule has 2 aromatic rings. The van der Waals surface area contributed by atoms with E-state index in [1.807, 2.05) is 53.5 Å². The lowest BCUT2D eigenvalue weighted by Crippen LogP contribution is -2.25. The molecule has 132 valence electrons. The first-order valence-corrected chi connectivity index (χ1v) is 11.8. The highest BCUT2D eigenvalue weighted by molar-refractivity contribution is 8.16. The van der Waals surface area contributed by atoms with Gasteiger partial charge in [-0.25, -0.2) is 0 Å². The normalized spacial score (nSPS) is 15.0. The average Bonchev–Trinajstić information content (AvgIpc) is 2.69. The molecule has 1 amide bonds. The second-order valence-corrected chi connectivity index (χ2v) is 9.67. The van der Waals surface area contributed by atoms with Gasteiger partial charge >= 0.3 is 0 Å². The molecule has 0 aliphatic carbocycles. The molecule has 3 rings (SSSR count). The highest BCUT2D eigenvalue weighted by Crippen LogP contribution is 2.43. The zero-order valence-corrected chi connectivity index (χ0v) is 16.6. The van der Waals surface area contributed by atoms with E-state index >= 15 is 0 Å². The van der Waals surface area contributed by atoms with Gasteiger partial charge in [-0.1, -0.05) is 42.5 Å². The topological polar surface area (TPSA) is 29.1 Å². The number of rotatable bonds is 7. The summed E-state index contributed by atoms with van der Waals surface area (Å²) in [6.45, 7) is 0.701. The molecule has 1 fully saturated rings. The number of hydrogen-bond acceptors (Lipinski definition) is 4. The molecule has 2 aromatic carbocycles. The van der Waals surface area contributed by atoms with Gasteiger partial charge < -0.3 is 5.32 Å². The number of thioether (sulfide) groups is 3. The molecule has 0 aromatic heterocycles. The largest absolute Gasteiger partial charge is 0.351 e. The highest BCUT2D eigenvalue weighted by atomic mass is 32.2. The van der Waals surface area contributed by atoms with Crippen molar-refractivity contribution in [3.05, 3.63) is 71.3 Å². The van der Waals surface area contributed by atoms with E-state index in [0.717, 1.165) is 17.1 Å². The average molecular weight is 390 g/mol. The fraction of sp³-hybridized carbons (Fsp3) is 0.350. The van der Waals surface area contributed by atoms with Crippen LogP contribution in [0.3, 0.4) is 0 Å². The zero-order valence-electron chi connectivity index (χ0n) is 14.1. The molecule has 0 saturated carbocycles. The van der Waals surface area contributed by atoms with Crippen LogP contribution in [0.2, 0.25) is 0 Å². The molecule has 1 aliphatic heterocycles. The Bertz CT molecular complexity index is 654. The van der Waals surface area contributed by atoms with Gasteiger partial charge in [0, 0.05) is 23.6 Å². The number of carbonyl (C=O) groups excluding carboxylic acids is 1. The maximum Gasteiger partial charge on any atom is 0.251 e. The maximum atomic E-state index is 12.2. The molecule has 0 bridgehead atoms. The number of amides is 1. The Hall–Kier alpha value is -1.04. The predicted octanol–water partition coefficient (Wildman–Crippen LogP) is 5.22. The van der Waals surface area contributed by atoms with Gasteiger partial charge in [-0.2, -0.15) is 11.8 Å². The van der Waals surface area contributed by atoms with Crippen molar-refractivity contribution in [1.29, 1.82) is 0 Å². The summed E-state index contributed by atoms with van der Waals surface area (Å²) in [6, 6.07) is 18.5. The summed E-state index contributed by atoms with van der Waals surface area (Å²) in [5.74, 6) is 4.41. The van der Waals surface area contributed by atoms with Gasteiger partial charge in [-0.3, -0.25) is 4.79 Å². The lowest BCUT2D eigenvalue weighted by molar-refractivity contribution is 0.0956. The number of nitrogens with one attached hydrogen (secondary N) is 1. The lowest BCUT2D eigenvalue weighted by atomic mass is 10.1. The van der Waals surface area contributed by atoms with Gasteiger partial charge in [-0.05, 0) is 41.2 Å². The fourth-order valence-electron chi connectivity index (χ4n) is 2.57. The Morgan fingerprint density at radius 2 is 1.76 bits per heavy atom. The van der Waals surface area contributed by atoms with E-state index in [-0.39, 0.29) is 5.91 Å². The van der Waals surface area contributed by atoms with E-state index in [1.54, 1.807) is 0 Å². The summed E-state index contributed by atoms with van der Waals surface area (Å²) in [7, 11) is 0. The second-order valence-electron chi connectivity index (χ2n) is 5.84. The van der Waals surface area contributed by atoms with E-state index in [9.17, 15) is 4.79 Å². The molecule has 0 radical (unpaired) electrons. The number of benzene rings is 2. The van der Waals surface area contributed by atoms with Crippen LogP contribution in [0.4, 0.5) is 0 Å². The van der Waals surface area contributed by atoms with E-state index < -0.39 is 0 Å². The molecule has 0 atom stereocenters. The van der Waals surface area contributed by atoms with E-state index in [1.165, 1.54) is 29.1 Å². The molecule has 5 heteroatoms. The molecule has 0 unspecified atom stereocenters. The van der Waals surface area contributed by atoms with Crippen molar-refractivity contribution in [3.8, 4) is 0 Å². The summed E-state index contributed by atoms with van der Waals surface area (Å²) in [5.41, 5.74) is 3.40. The zero-order chi connectivity index (χ0) is 17.3. The van der Waals surface area contributed by atoms with Gasteiger partial charge in [0.25, 0.3) is 5.91 Å². The Kier molecular flexibility index (Phi) is 7.64. The Balaban J connectivity index is 1.39. The first-order chi connectivity index (χ1) is 12.3. The molecule has 1 saturated heterocycles. The molecule has 1 heterocycles. The van der Waals surface area contributed by atoms with Crippen molar-refractivity contribution in [2.75, 3.05) is 23.8 Å². The summed E-state index contributed by atoms with van der Waals surface area (Å²) >= 11 is 5.86. The minimum atomic E-state index is 0.0239. The van der Waals surface area contributed by atoms with Crippen LogP contribution in [-0.2, 0) is 5.75 Å². The molecule has 1 aliphatic rings. The lowest BCUT2D eigenvalue weighted by Gasteiger charge is -2.21. The van der Waals surface area contributed by atoms with Gasteiger partial charge in [0.15, 0.2) is 0 Å². The minimum Gasteiger partial charge on any atom is -0.351 e. The maximum absolute atomic E-state index is 12.2. The number of hydrogen-bond donors (Lipinski definition) is 1. The van der Waals surface area contributed by atoms with Crippen molar-refractivity contribution >= 4 is 41.2 Å². The molecule has 1 N–H and O–H groups in total. The summed E-state index contributed by atoms with van der Waals surface area (Å²) < 4.78 is 0.528. The van der Waals surface area contributed by atoms with Gasteiger partial charge in [0.05, 0.1) is 4.58 Å². The van der Waals surface area contributed by atoms with Crippen molar-refractivity contribution in [2.24, 2.45) is 0 Å². The number of carbonyl (C=O) groups is 1. The van der Waals surface area contributed by atoms with Crippen LogP contribution < -0.4 is 5.32 Å². The van der Waals surface area contributed by atoms with Gasteiger partial charge in [0.1, 0.15) is 0 Å². The summed E-state index contributed by atoms with van der Waals surface area (Å²) in [6.07, 6.45) is 1.30. The summed E-state index contributed by atoms with van der Waals surface area (Å²) in [4.78, 5) is 12.2. The van der Waals surface area contributed by atoms with Crippen LogP contribution in [-0.4, -0.2) is 29.7 Å². The predicted molar refractivity (Wildman–Crippen MR) is 114 cm³/mol. The molecular formula is C20H23NOS3. The van der Waals surface area contributed by atoms with Crippen molar-refractivity contribution in [3.63, 3.8) is 0 Å².